The van der Waals surface area contributed by atoms with Crippen LogP contribution in [0.1, 0.15) is 18.4 Å². The van der Waals surface area contributed by atoms with E-state index in [2.05, 4.69) is 4.74 Å². The summed E-state index contributed by atoms with van der Waals surface area (Å²) >= 11 is 0. The summed E-state index contributed by atoms with van der Waals surface area (Å²) in [5.41, 5.74) is -1.16. The van der Waals surface area contributed by atoms with Gasteiger partial charge in [-0.2, -0.15) is 0 Å². The maximum atomic E-state index is 12.3. The highest BCUT2D eigenvalue weighted by Crippen LogP contribution is 2.39. The SMILES string of the molecule is OC1(c2ccccc2OC(F)(F)F)CCOCC1. The predicted octanol–water partition coefficient (Wildman–Crippen LogP) is 2.58. The molecule has 6 heteroatoms. The molecule has 0 aromatic heterocycles. The van der Waals surface area contributed by atoms with Crippen molar-refractivity contribution in [2.75, 3.05) is 13.2 Å². The van der Waals surface area contributed by atoms with Gasteiger partial charge in [-0.3, -0.25) is 0 Å². The summed E-state index contributed by atoms with van der Waals surface area (Å²) in [4.78, 5) is 0. The number of halogens is 3. The van der Waals surface area contributed by atoms with Gasteiger partial charge in [0.05, 0.1) is 5.60 Å². The Kier molecular flexibility index (Phi) is 3.49. The molecule has 0 atom stereocenters. The van der Waals surface area contributed by atoms with Crippen molar-refractivity contribution in [1.29, 1.82) is 0 Å². The van der Waals surface area contributed by atoms with E-state index in [0.29, 0.717) is 13.2 Å². The highest BCUT2D eigenvalue weighted by atomic mass is 19.4. The molecule has 3 nitrogen and oxygen atoms in total. The Morgan fingerprint density at radius 1 is 1.17 bits per heavy atom. The van der Waals surface area contributed by atoms with E-state index in [-0.39, 0.29) is 24.2 Å². The molecule has 1 aromatic rings. The number of aliphatic hydroxyl groups is 1. The van der Waals surface area contributed by atoms with E-state index in [4.69, 9.17) is 4.74 Å². The minimum absolute atomic E-state index is 0.158. The summed E-state index contributed by atoms with van der Waals surface area (Å²) in [6, 6.07) is 5.67. The highest BCUT2D eigenvalue weighted by Gasteiger charge is 2.38. The van der Waals surface area contributed by atoms with E-state index in [0.717, 1.165) is 0 Å². The molecule has 0 unspecified atom stereocenters. The van der Waals surface area contributed by atoms with Gasteiger partial charge in [0.25, 0.3) is 0 Å². The van der Waals surface area contributed by atoms with Crippen LogP contribution in [0, 0.1) is 0 Å². The van der Waals surface area contributed by atoms with Crippen LogP contribution in [-0.4, -0.2) is 24.7 Å². The lowest BCUT2D eigenvalue weighted by molar-refractivity contribution is -0.275. The Morgan fingerprint density at radius 2 is 1.78 bits per heavy atom. The van der Waals surface area contributed by atoms with Crippen molar-refractivity contribution in [2.45, 2.75) is 24.8 Å². The first kappa shape index (κ1) is 13.2. The van der Waals surface area contributed by atoms with Crippen LogP contribution in [-0.2, 0) is 10.3 Å². The van der Waals surface area contributed by atoms with Gasteiger partial charge in [0.1, 0.15) is 5.75 Å². The van der Waals surface area contributed by atoms with Crippen molar-refractivity contribution in [3.05, 3.63) is 29.8 Å². The van der Waals surface area contributed by atoms with Gasteiger partial charge < -0.3 is 14.6 Å². The molecule has 1 aliphatic heterocycles. The van der Waals surface area contributed by atoms with E-state index in [1.165, 1.54) is 18.2 Å². The number of ether oxygens (including phenoxy) is 2. The number of para-hydroxylation sites is 1. The first-order chi connectivity index (χ1) is 8.41. The van der Waals surface area contributed by atoms with Gasteiger partial charge in [-0.25, -0.2) is 0 Å². The zero-order chi connectivity index (χ0) is 13.2. The van der Waals surface area contributed by atoms with Gasteiger partial charge in [-0.05, 0) is 6.07 Å². The molecule has 1 aliphatic rings. The average Bonchev–Trinajstić information content (AvgIpc) is 2.28. The molecule has 2 rings (SSSR count). The fourth-order valence-corrected chi connectivity index (χ4v) is 2.04. The molecule has 0 radical (unpaired) electrons. The van der Waals surface area contributed by atoms with Crippen molar-refractivity contribution in [3.63, 3.8) is 0 Å². The third kappa shape index (κ3) is 2.94. The average molecular weight is 262 g/mol. The number of benzene rings is 1. The zero-order valence-corrected chi connectivity index (χ0v) is 9.54. The molecule has 100 valence electrons. The smallest absolute Gasteiger partial charge is 0.405 e. The normalized spacial score (nSPS) is 19.6. The minimum Gasteiger partial charge on any atom is -0.405 e. The van der Waals surface area contributed by atoms with Gasteiger partial charge in [0, 0.05) is 31.6 Å². The molecule has 1 N–H and O–H groups in total. The van der Waals surface area contributed by atoms with E-state index in [1.54, 1.807) is 6.07 Å². The molecule has 0 amide bonds. The van der Waals surface area contributed by atoms with Crippen LogP contribution < -0.4 is 4.74 Å². The Morgan fingerprint density at radius 3 is 2.39 bits per heavy atom. The van der Waals surface area contributed by atoms with Crippen molar-refractivity contribution >= 4 is 0 Å². The second kappa shape index (κ2) is 4.78. The summed E-state index contributed by atoms with van der Waals surface area (Å²) in [5.74, 6) is -0.352. The van der Waals surface area contributed by atoms with Gasteiger partial charge >= 0.3 is 6.36 Å². The van der Waals surface area contributed by atoms with Crippen molar-refractivity contribution in [2.24, 2.45) is 0 Å². The third-order valence-corrected chi connectivity index (χ3v) is 2.93. The maximum Gasteiger partial charge on any atom is 0.573 e. The molecule has 1 fully saturated rings. The fourth-order valence-electron chi connectivity index (χ4n) is 2.04. The van der Waals surface area contributed by atoms with Crippen molar-refractivity contribution < 1.29 is 27.8 Å². The molecule has 1 aromatic carbocycles. The second-order valence-electron chi connectivity index (χ2n) is 4.19. The Bertz CT molecular complexity index is 411. The first-order valence-corrected chi connectivity index (χ1v) is 5.56. The second-order valence-corrected chi connectivity index (χ2v) is 4.19. The molecule has 0 aliphatic carbocycles. The minimum atomic E-state index is -4.77. The van der Waals surface area contributed by atoms with Gasteiger partial charge in [0.15, 0.2) is 0 Å². The lowest BCUT2D eigenvalue weighted by atomic mass is 9.86. The topological polar surface area (TPSA) is 38.7 Å². The lowest BCUT2D eigenvalue weighted by Gasteiger charge is -2.33. The largest absolute Gasteiger partial charge is 0.573 e. The zero-order valence-electron chi connectivity index (χ0n) is 9.54. The maximum absolute atomic E-state index is 12.3. The van der Waals surface area contributed by atoms with E-state index in [9.17, 15) is 18.3 Å². The lowest BCUT2D eigenvalue weighted by Crippen LogP contribution is -2.34. The van der Waals surface area contributed by atoms with Crippen LogP contribution in [0.2, 0.25) is 0 Å². The molecular weight excluding hydrogens is 249 g/mol. The monoisotopic (exact) mass is 262 g/mol. The quantitative estimate of drug-likeness (QED) is 0.890. The van der Waals surface area contributed by atoms with E-state index < -0.39 is 12.0 Å². The first-order valence-electron chi connectivity index (χ1n) is 5.56. The van der Waals surface area contributed by atoms with Gasteiger partial charge in [0.2, 0.25) is 0 Å². The molecule has 1 heterocycles. The molecule has 0 spiro atoms. The molecule has 1 saturated heterocycles. The van der Waals surface area contributed by atoms with Crippen molar-refractivity contribution in [3.8, 4) is 5.75 Å². The van der Waals surface area contributed by atoms with Crippen LogP contribution in [0.3, 0.4) is 0 Å². The summed E-state index contributed by atoms with van der Waals surface area (Å²) < 4.78 is 45.9. The molecular formula is C12H13F3O3. The standard InChI is InChI=1S/C12H13F3O3/c13-12(14,15)18-10-4-2-1-3-9(10)11(16)5-7-17-8-6-11/h1-4,16H,5-8H2. The summed E-state index contributed by atoms with van der Waals surface area (Å²) in [6.07, 6.45) is -4.26. The molecule has 0 saturated carbocycles. The van der Waals surface area contributed by atoms with Crippen LogP contribution in [0.5, 0.6) is 5.75 Å². The fraction of sp³-hybridized carbons (Fsp3) is 0.500. The van der Waals surface area contributed by atoms with Crippen LogP contribution >= 0.6 is 0 Å². The van der Waals surface area contributed by atoms with Crippen molar-refractivity contribution in [1.82, 2.24) is 0 Å². The summed E-state index contributed by atoms with van der Waals surface area (Å²) in [5, 5.41) is 10.4. The number of alkyl halides is 3. The molecule has 18 heavy (non-hydrogen) atoms. The Balaban J connectivity index is 2.32. The van der Waals surface area contributed by atoms with E-state index >= 15 is 0 Å². The number of rotatable bonds is 2. The Labute approximate surface area is 102 Å². The van der Waals surface area contributed by atoms with Crippen LogP contribution in [0.4, 0.5) is 13.2 Å². The van der Waals surface area contributed by atoms with Gasteiger partial charge in [-0.15, -0.1) is 13.2 Å². The third-order valence-electron chi connectivity index (χ3n) is 2.93. The summed E-state index contributed by atoms with van der Waals surface area (Å²) in [7, 11) is 0. The Hall–Kier alpha value is -1.27. The van der Waals surface area contributed by atoms with Crippen LogP contribution in [0.25, 0.3) is 0 Å². The summed E-state index contributed by atoms with van der Waals surface area (Å²) in [6.45, 7) is 0.633. The number of hydrogen-bond donors (Lipinski definition) is 1. The predicted molar refractivity (Wildman–Crippen MR) is 57.1 cm³/mol. The van der Waals surface area contributed by atoms with Crippen LogP contribution in [0.15, 0.2) is 24.3 Å². The van der Waals surface area contributed by atoms with Gasteiger partial charge in [-0.1, -0.05) is 18.2 Å². The number of hydrogen-bond acceptors (Lipinski definition) is 3. The van der Waals surface area contributed by atoms with E-state index in [1.807, 2.05) is 0 Å². The highest BCUT2D eigenvalue weighted by molar-refractivity contribution is 5.38. The molecule has 0 bridgehead atoms.